The summed E-state index contributed by atoms with van der Waals surface area (Å²) in [6.45, 7) is 3.99. The van der Waals surface area contributed by atoms with E-state index in [0.717, 1.165) is 0 Å². The molecule has 3 N–H and O–H groups in total. The van der Waals surface area contributed by atoms with Crippen LogP contribution < -0.4 is 16.0 Å². The summed E-state index contributed by atoms with van der Waals surface area (Å²) in [6.07, 6.45) is 0. The number of hydrogen-bond donors (Lipinski definition) is 3. The van der Waals surface area contributed by atoms with E-state index in [2.05, 4.69) is 16.0 Å². The number of hydrogen-bond acceptors (Lipinski definition) is 5. The molecule has 0 aliphatic heterocycles. The monoisotopic (exact) mass is 294 g/mol. The number of nitrogens with one attached hydrogen (secondary N) is 3. The Kier molecular flexibility index (Phi) is 5.65. The lowest BCUT2D eigenvalue weighted by Gasteiger charge is -2.13. The summed E-state index contributed by atoms with van der Waals surface area (Å²) < 4.78 is 0. The number of rotatable bonds is 6. The number of nitrogens with zero attached hydrogens (tertiary/aromatic N) is 1. The van der Waals surface area contributed by atoms with Gasteiger partial charge in [-0.1, -0.05) is 0 Å². The Bertz CT molecular complexity index is 559. The van der Waals surface area contributed by atoms with Crippen LogP contribution in [0.15, 0.2) is 18.2 Å². The molecule has 0 fully saturated rings. The first-order chi connectivity index (χ1) is 9.90. The van der Waals surface area contributed by atoms with Crippen molar-refractivity contribution in [2.24, 2.45) is 0 Å². The standard InChI is InChI=1S/C13H18N4O4/c1-4-15-9-5-6-11(17(20)21)10(7-9)13(19)16-8(2)12(18)14-3/h5-8,15H,4H2,1-3H3,(H,14,18)(H,16,19). The number of carbonyl (C=O) groups is 2. The minimum Gasteiger partial charge on any atom is -0.385 e. The third kappa shape index (κ3) is 4.16. The van der Waals surface area contributed by atoms with E-state index in [1.807, 2.05) is 6.92 Å². The van der Waals surface area contributed by atoms with E-state index < -0.39 is 16.9 Å². The predicted molar refractivity (Wildman–Crippen MR) is 78.3 cm³/mol. The fourth-order valence-electron chi connectivity index (χ4n) is 1.75. The number of nitro groups is 1. The quantitative estimate of drug-likeness (QED) is 0.532. The second kappa shape index (κ2) is 7.22. The molecule has 21 heavy (non-hydrogen) atoms. The van der Waals surface area contributed by atoms with E-state index in [9.17, 15) is 19.7 Å². The first-order valence-corrected chi connectivity index (χ1v) is 6.45. The fourth-order valence-corrected chi connectivity index (χ4v) is 1.75. The minimum atomic E-state index is -0.787. The Morgan fingerprint density at radius 2 is 2.05 bits per heavy atom. The maximum Gasteiger partial charge on any atom is 0.282 e. The van der Waals surface area contributed by atoms with Crippen LogP contribution in [0.3, 0.4) is 0 Å². The number of carbonyl (C=O) groups excluding carboxylic acids is 2. The van der Waals surface area contributed by atoms with Gasteiger partial charge in [0, 0.05) is 25.3 Å². The summed E-state index contributed by atoms with van der Waals surface area (Å²) in [5, 5.41) is 18.8. The van der Waals surface area contributed by atoms with Crippen molar-refractivity contribution in [1.82, 2.24) is 10.6 Å². The van der Waals surface area contributed by atoms with Crippen LogP contribution >= 0.6 is 0 Å². The molecular weight excluding hydrogens is 276 g/mol. The van der Waals surface area contributed by atoms with Crippen molar-refractivity contribution in [1.29, 1.82) is 0 Å². The fraction of sp³-hybridized carbons (Fsp3) is 0.385. The van der Waals surface area contributed by atoms with Gasteiger partial charge in [0.2, 0.25) is 5.91 Å². The van der Waals surface area contributed by atoms with E-state index in [4.69, 9.17) is 0 Å². The highest BCUT2D eigenvalue weighted by atomic mass is 16.6. The van der Waals surface area contributed by atoms with Gasteiger partial charge >= 0.3 is 0 Å². The van der Waals surface area contributed by atoms with Crippen molar-refractivity contribution < 1.29 is 14.5 Å². The van der Waals surface area contributed by atoms with Crippen molar-refractivity contribution in [2.75, 3.05) is 18.9 Å². The average molecular weight is 294 g/mol. The largest absolute Gasteiger partial charge is 0.385 e. The molecular formula is C13H18N4O4. The second-order valence-corrected chi connectivity index (χ2v) is 4.33. The molecule has 0 saturated heterocycles. The molecule has 1 rings (SSSR count). The van der Waals surface area contributed by atoms with E-state index in [0.29, 0.717) is 12.2 Å². The Morgan fingerprint density at radius 1 is 1.38 bits per heavy atom. The SMILES string of the molecule is CCNc1ccc([N+](=O)[O-])c(C(=O)NC(C)C(=O)NC)c1. The van der Waals surface area contributed by atoms with Crippen LogP contribution in [0.2, 0.25) is 0 Å². The normalized spacial score (nSPS) is 11.4. The summed E-state index contributed by atoms with van der Waals surface area (Å²) in [7, 11) is 1.44. The van der Waals surface area contributed by atoms with Gasteiger partial charge in [-0.05, 0) is 26.0 Å². The van der Waals surface area contributed by atoms with Crippen LogP contribution in [0.5, 0.6) is 0 Å². The summed E-state index contributed by atoms with van der Waals surface area (Å²) >= 11 is 0. The summed E-state index contributed by atoms with van der Waals surface area (Å²) in [5.41, 5.74) is 0.202. The predicted octanol–water partition coefficient (Wildman–Crippen LogP) is 0.891. The number of anilines is 1. The molecule has 8 nitrogen and oxygen atoms in total. The maximum absolute atomic E-state index is 12.1. The summed E-state index contributed by atoms with van der Waals surface area (Å²) in [4.78, 5) is 33.9. The average Bonchev–Trinajstić information content (AvgIpc) is 2.46. The Hall–Kier alpha value is -2.64. The highest BCUT2D eigenvalue weighted by Crippen LogP contribution is 2.22. The highest BCUT2D eigenvalue weighted by Gasteiger charge is 2.23. The van der Waals surface area contributed by atoms with Gasteiger partial charge in [0.05, 0.1) is 4.92 Å². The van der Waals surface area contributed by atoms with E-state index >= 15 is 0 Å². The van der Waals surface area contributed by atoms with Crippen molar-refractivity contribution in [3.05, 3.63) is 33.9 Å². The lowest BCUT2D eigenvalue weighted by Crippen LogP contribution is -2.43. The van der Waals surface area contributed by atoms with E-state index in [-0.39, 0.29) is 17.2 Å². The topological polar surface area (TPSA) is 113 Å². The van der Waals surface area contributed by atoms with Gasteiger partial charge in [0.15, 0.2) is 0 Å². The van der Waals surface area contributed by atoms with E-state index in [1.54, 1.807) is 0 Å². The molecule has 114 valence electrons. The van der Waals surface area contributed by atoms with Crippen molar-refractivity contribution in [3.63, 3.8) is 0 Å². The van der Waals surface area contributed by atoms with Crippen molar-refractivity contribution in [2.45, 2.75) is 19.9 Å². The van der Waals surface area contributed by atoms with Crippen molar-refractivity contribution >= 4 is 23.2 Å². The van der Waals surface area contributed by atoms with Crippen molar-refractivity contribution in [3.8, 4) is 0 Å². The van der Waals surface area contributed by atoms with Crippen LogP contribution in [-0.2, 0) is 4.79 Å². The molecule has 8 heteroatoms. The van der Waals surface area contributed by atoms with Crippen LogP contribution in [0.25, 0.3) is 0 Å². The van der Waals surface area contributed by atoms with Gasteiger partial charge in [0.1, 0.15) is 11.6 Å². The van der Waals surface area contributed by atoms with Gasteiger partial charge in [-0.25, -0.2) is 0 Å². The molecule has 0 aromatic heterocycles. The molecule has 0 aliphatic carbocycles. The Labute approximate surface area is 122 Å². The molecule has 1 unspecified atom stereocenters. The second-order valence-electron chi connectivity index (χ2n) is 4.33. The molecule has 0 saturated carbocycles. The Morgan fingerprint density at radius 3 is 2.57 bits per heavy atom. The van der Waals surface area contributed by atoms with Gasteiger partial charge in [-0.2, -0.15) is 0 Å². The summed E-state index contributed by atoms with van der Waals surface area (Å²) in [5.74, 6) is -1.05. The van der Waals surface area contributed by atoms with Crippen LogP contribution in [0, 0.1) is 10.1 Å². The van der Waals surface area contributed by atoms with E-state index in [1.165, 1.54) is 32.2 Å². The zero-order chi connectivity index (χ0) is 16.0. The highest BCUT2D eigenvalue weighted by molar-refractivity contribution is 6.01. The lowest BCUT2D eigenvalue weighted by molar-refractivity contribution is -0.385. The van der Waals surface area contributed by atoms with Gasteiger partial charge in [-0.15, -0.1) is 0 Å². The number of nitro benzene ring substituents is 1. The van der Waals surface area contributed by atoms with Crippen LogP contribution in [0.1, 0.15) is 24.2 Å². The molecule has 0 heterocycles. The van der Waals surface area contributed by atoms with Gasteiger partial charge in [-0.3, -0.25) is 19.7 Å². The minimum absolute atomic E-state index is 0.0887. The molecule has 1 aromatic rings. The third-order valence-corrected chi connectivity index (χ3v) is 2.81. The first-order valence-electron chi connectivity index (χ1n) is 6.45. The van der Waals surface area contributed by atoms with Gasteiger partial charge in [0.25, 0.3) is 11.6 Å². The molecule has 2 amide bonds. The van der Waals surface area contributed by atoms with Crippen LogP contribution in [0.4, 0.5) is 11.4 Å². The summed E-state index contributed by atoms with van der Waals surface area (Å²) in [6, 6.07) is 3.40. The number of benzene rings is 1. The molecule has 1 aromatic carbocycles. The lowest BCUT2D eigenvalue weighted by atomic mass is 10.1. The van der Waals surface area contributed by atoms with Gasteiger partial charge < -0.3 is 16.0 Å². The molecule has 1 atom stereocenters. The molecule has 0 spiro atoms. The number of amides is 2. The maximum atomic E-state index is 12.1. The molecule has 0 radical (unpaired) electrons. The first kappa shape index (κ1) is 16.4. The smallest absolute Gasteiger partial charge is 0.282 e. The third-order valence-electron chi connectivity index (χ3n) is 2.81. The number of likely N-dealkylation sites (N-methyl/N-ethyl adjacent to an activating group) is 1. The zero-order valence-corrected chi connectivity index (χ0v) is 12.1. The Balaban J connectivity index is 3.07. The molecule has 0 bridgehead atoms. The van der Waals surface area contributed by atoms with Crippen LogP contribution in [-0.4, -0.2) is 36.4 Å². The zero-order valence-electron chi connectivity index (χ0n) is 12.1. The molecule has 0 aliphatic rings.